The fraction of sp³-hybridized carbons (Fsp3) is 0.611. The van der Waals surface area contributed by atoms with Crippen LogP contribution in [-0.2, 0) is 21.2 Å². The van der Waals surface area contributed by atoms with Crippen LogP contribution in [0.3, 0.4) is 0 Å². The Bertz CT molecular complexity index is 796. The smallest absolute Gasteiger partial charge is 0.243 e. The highest BCUT2D eigenvalue weighted by Gasteiger charge is 2.60. The number of aryl methyl sites for hydroxylation is 1. The van der Waals surface area contributed by atoms with Crippen molar-refractivity contribution in [1.82, 2.24) is 4.31 Å². The van der Waals surface area contributed by atoms with Gasteiger partial charge in [-0.3, -0.25) is 4.79 Å². The van der Waals surface area contributed by atoms with Gasteiger partial charge in [-0.1, -0.05) is 20.3 Å². The van der Waals surface area contributed by atoms with Crippen molar-refractivity contribution in [3.63, 3.8) is 0 Å². The SMILES string of the molecule is CC(C)C1N(S(=O)(=O)c2ccc3c(c2)CCC(=O)N3)CC12CCC2. The second-order valence-corrected chi connectivity index (χ2v) is 9.71. The number of fused-ring (bicyclic) bond motifs is 1. The first-order valence-corrected chi connectivity index (χ1v) is 10.2. The van der Waals surface area contributed by atoms with Crippen LogP contribution >= 0.6 is 0 Å². The monoisotopic (exact) mass is 348 g/mol. The molecule has 1 spiro atoms. The Morgan fingerprint density at radius 2 is 2.00 bits per heavy atom. The minimum Gasteiger partial charge on any atom is -0.326 e. The molecular weight excluding hydrogens is 324 g/mol. The number of rotatable bonds is 3. The zero-order valence-electron chi connectivity index (χ0n) is 14.2. The number of carbonyl (C=O) groups excluding carboxylic acids is 1. The van der Waals surface area contributed by atoms with E-state index in [1.54, 1.807) is 22.5 Å². The summed E-state index contributed by atoms with van der Waals surface area (Å²) in [5.74, 6) is 0.318. The number of amides is 1. The predicted octanol–water partition coefficient (Wildman–Crippen LogP) is 2.77. The van der Waals surface area contributed by atoms with Gasteiger partial charge in [-0.15, -0.1) is 0 Å². The Labute approximate surface area is 143 Å². The normalized spacial score (nSPS) is 25.8. The minimum absolute atomic E-state index is 0.00681. The molecule has 1 atom stereocenters. The summed E-state index contributed by atoms with van der Waals surface area (Å²) in [4.78, 5) is 11.8. The summed E-state index contributed by atoms with van der Waals surface area (Å²) >= 11 is 0. The predicted molar refractivity (Wildman–Crippen MR) is 92.2 cm³/mol. The van der Waals surface area contributed by atoms with E-state index in [1.807, 2.05) is 0 Å². The van der Waals surface area contributed by atoms with Crippen molar-refractivity contribution >= 4 is 21.6 Å². The number of benzene rings is 1. The van der Waals surface area contributed by atoms with E-state index in [-0.39, 0.29) is 17.4 Å². The third-order valence-corrected chi connectivity index (χ3v) is 7.79. The molecule has 0 aromatic heterocycles. The molecule has 1 aromatic rings. The molecule has 2 heterocycles. The molecule has 24 heavy (non-hydrogen) atoms. The molecule has 1 aliphatic carbocycles. The van der Waals surface area contributed by atoms with E-state index in [1.165, 1.54) is 6.42 Å². The fourth-order valence-corrected chi connectivity index (χ4v) is 6.70. The van der Waals surface area contributed by atoms with E-state index in [2.05, 4.69) is 19.2 Å². The van der Waals surface area contributed by atoms with Gasteiger partial charge in [-0.2, -0.15) is 4.31 Å². The summed E-state index contributed by atoms with van der Waals surface area (Å²) in [7, 11) is -3.47. The molecule has 5 nitrogen and oxygen atoms in total. The number of hydrogen-bond donors (Lipinski definition) is 1. The van der Waals surface area contributed by atoms with Crippen LogP contribution in [0, 0.1) is 11.3 Å². The largest absolute Gasteiger partial charge is 0.326 e. The summed E-state index contributed by atoms with van der Waals surface area (Å²) in [6, 6.07) is 5.21. The van der Waals surface area contributed by atoms with E-state index in [4.69, 9.17) is 0 Å². The molecule has 1 amide bonds. The maximum atomic E-state index is 13.1. The first kappa shape index (κ1) is 16.1. The lowest BCUT2D eigenvalue weighted by Crippen LogP contribution is -2.70. The average Bonchev–Trinajstić information content (AvgIpc) is 2.43. The minimum atomic E-state index is -3.47. The lowest BCUT2D eigenvalue weighted by atomic mass is 9.57. The topological polar surface area (TPSA) is 66.5 Å². The highest BCUT2D eigenvalue weighted by atomic mass is 32.2. The van der Waals surface area contributed by atoms with Crippen molar-refractivity contribution in [2.75, 3.05) is 11.9 Å². The van der Waals surface area contributed by atoms with Crippen LogP contribution in [0.5, 0.6) is 0 Å². The molecular formula is C18H24N2O3S. The zero-order valence-corrected chi connectivity index (χ0v) is 15.0. The lowest BCUT2D eigenvalue weighted by molar-refractivity contribution is -0.116. The molecule has 0 radical (unpaired) electrons. The Balaban J connectivity index is 1.65. The van der Waals surface area contributed by atoms with Crippen LogP contribution in [0.2, 0.25) is 0 Å². The maximum absolute atomic E-state index is 13.1. The average molecular weight is 348 g/mol. The second kappa shape index (κ2) is 5.30. The number of sulfonamides is 1. The molecule has 1 aromatic carbocycles. The Morgan fingerprint density at radius 3 is 2.62 bits per heavy atom. The first-order chi connectivity index (χ1) is 11.3. The Hall–Kier alpha value is -1.40. The van der Waals surface area contributed by atoms with Crippen LogP contribution in [0.4, 0.5) is 5.69 Å². The van der Waals surface area contributed by atoms with E-state index in [0.717, 1.165) is 24.1 Å². The molecule has 2 fully saturated rings. The van der Waals surface area contributed by atoms with Crippen molar-refractivity contribution < 1.29 is 13.2 Å². The van der Waals surface area contributed by atoms with E-state index >= 15 is 0 Å². The van der Waals surface area contributed by atoms with Gasteiger partial charge in [0.2, 0.25) is 15.9 Å². The van der Waals surface area contributed by atoms with E-state index in [9.17, 15) is 13.2 Å². The van der Waals surface area contributed by atoms with Gasteiger partial charge in [-0.25, -0.2) is 8.42 Å². The fourth-order valence-electron chi connectivity index (χ4n) is 4.71. The highest BCUT2D eigenvalue weighted by Crippen LogP contribution is 2.56. The van der Waals surface area contributed by atoms with Gasteiger partial charge in [0.15, 0.2) is 0 Å². The molecule has 4 rings (SSSR count). The number of anilines is 1. The molecule has 0 bridgehead atoms. The van der Waals surface area contributed by atoms with Gasteiger partial charge in [0.25, 0.3) is 0 Å². The summed E-state index contributed by atoms with van der Waals surface area (Å²) in [5, 5.41) is 2.81. The molecule has 6 heteroatoms. The highest BCUT2D eigenvalue weighted by molar-refractivity contribution is 7.89. The van der Waals surface area contributed by atoms with Gasteiger partial charge in [0.05, 0.1) is 4.90 Å². The third-order valence-electron chi connectivity index (χ3n) is 5.97. The van der Waals surface area contributed by atoms with E-state index in [0.29, 0.717) is 30.2 Å². The van der Waals surface area contributed by atoms with Crippen LogP contribution in [0.1, 0.15) is 45.1 Å². The molecule has 3 aliphatic rings. The van der Waals surface area contributed by atoms with Crippen LogP contribution in [-0.4, -0.2) is 31.2 Å². The Morgan fingerprint density at radius 1 is 1.25 bits per heavy atom. The number of nitrogens with one attached hydrogen (secondary N) is 1. The van der Waals surface area contributed by atoms with Gasteiger partial charge in [-0.05, 0) is 48.9 Å². The zero-order chi connectivity index (χ0) is 17.1. The maximum Gasteiger partial charge on any atom is 0.243 e. The quantitative estimate of drug-likeness (QED) is 0.913. The van der Waals surface area contributed by atoms with Crippen molar-refractivity contribution in [2.24, 2.45) is 11.3 Å². The number of carbonyl (C=O) groups is 1. The number of nitrogens with zero attached hydrogens (tertiary/aromatic N) is 1. The van der Waals surface area contributed by atoms with E-state index < -0.39 is 10.0 Å². The summed E-state index contributed by atoms with van der Waals surface area (Å²) in [6.45, 7) is 4.90. The molecule has 130 valence electrons. The van der Waals surface area contributed by atoms with Gasteiger partial charge < -0.3 is 5.32 Å². The van der Waals surface area contributed by atoms with Crippen molar-refractivity contribution in [3.05, 3.63) is 23.8 Å². The molecule has 1 N–H and O–H groups in total. The Kier molecular flexibility index (Phi) is 3.55. The summed E-state index contributed by atoms with van der Waals surface area (Å²) in [5.41, 5.74) is 1.88. The standard InChI is InChI=1S/C18H24N2O3S/c1-12(2)17-18(8-3-9-18)11-20(17)24(22,23)14-5-6-15-13(10-14)4-7-16(21)19-15/h5-6,10,12,17H,3-4,7-9,11H2,1-2H3,(H,19,21). The second-order valence-electron chi connectivity index (χ2n) is 7.82. The lowest BCUT2D eigenvalue weighted by Gasteiger charge is -2.63. The van der Waals surface area contributed by atoms with Gasteiger partial charge >= 0.3 is 0 Å². The van der Waals surface area contributed by atoms with Crippen molar-refractivity contribution in [2.45, 2.75) is 56.9 Å². The van der Waals surface area contributed by atoms with Crippen LogP contribution in [0.15, 0.2) is 23.1 Å². The third kappa shape index (κ3) is 2.23. The molecule has 1 unspecified atom stereocenters. The van der Waals surface area contributed by atoms with Crippen molar-refractivity contribution in [1.29, 1.82) is 0 Å². The summed E-state index contributed by atoms with van der Waals surface area (Å²) < 4.78 is 28.0. The van der Waals surface area contributed by atoms with Crippen LogP contribution < -0.4 is 5.32 Å². The molecule has 2 aliphatic heterocycles. The summed E-state index contributed by atoms with van der Waals surface area (Å²) in [6.07, 6.45) is 4.53. The molecule has 1 saturated heterocycles. The molecule has 1 saturated carbocycles. The number of hydrogen-bond acceptors (Lipinski definition) is 3. The first-order valence-electron chi connectivity index (χ1n) is 8.78. The van der Waals surface area contributed by atoms with Gasteiger partial charge in [0, 0.05) is 30.1 Å². The van der Waals surface area contributed by atoms with Gasteiger partial charge in [0.1, 0.15) is 0 Å². The van der Waals surface area contributed by atoms with Crippen molar-refractivity contribution in [3.8, 4) is 0 Å². The van der Waals surface area contributed by atoms with Crippen LogP contribution in [0.25, 0.3) is 0 Å².